The molecule has 1 amide bonds. The molecular formula is C27H27F4N5O3. The minimum Gasteiger partial charge on any atom is -0.492 e. The number of nitrogens with one attached hydrogen (secondary N) is 3. The first-order valence-electron chi connectivity index (χ1n) is 12.7. The van der Waals surface area contributed by atoms with Crippen LogP contribution in [0.1, 0.15) is 35.3 Å². The number of aromatic nitrogens is 2. The summed E-state index contributed by atoms with van der Waals surface area (Å²) in [5, 5.41) is 6.19. The molecule has 4 heterocycles. The predicted octanol–water partition coefficient (Wildman–Crippen LogP) is 4.76. The highest BCUT2D eigenvalue weighted by Crippen LogP contribution is 2.54. The van der Waals surface area contributed by atoms with E-state index in [-0.39, 0.29) is 29.7 Å². The molecule has 12 heteroatoms. The van der Waals surface area contributed by atoms with Gasteiger partial charge in [0.2, 0.25) is 0 Å². The molecule has 2 aliphatic heterocycles. The monoisotopic (exact) mass is 545 g/mol. The van der Waals surface area contributed by atoms with Crippen molar-refractivity contribution in [2.45, 2.75) is 36.9 Å². The average molecular weight is 546 g/mol. The highest BCUT2D eigenvalue weighted by Gasteiger charge is 2.52. The molecule has 1 atom stereocenters. The molecule has 39 heavy (non-hydrogen) atoms. The second kappa shape index (κ2) is 9.44. The Morgan fingerprint density at radius 1 is 1.26 bits per heavy atom. The van der Waals surface area contributed by atoms with Gasteiger partial charge in [-0.2, -0.15) is 13.2 Å². The van der Waals surface area contributed by atoms with Crippen LogP contribution in [0.25, 0.3) is 11.3 Å². The molecule has 1 spiro atoms. The summed E-state index contributed by atoms with van der Waals surface area (Å²) in [6.45, 7) is -0.0550. The average Bonchev–Trinajstić information content (AvgIpc) is 3.57. The van der Waals surface area contributed by atoms with E-state index in [1.54, 1.807) is 18.3 Å². The number of nitrogens with zero attached hydrogens (tertiary/aromatic N) is 2. The number of benzene rings is 1. The Hall–Kier alpha value is -3.80. The number of para-hydroxylation sites is 1. The van der Waals surface area contributed by atoms with Crippen molar-refractivity contribution in [2.75, 3.05) is 38.7 Å². The predicted molar refractivity (Wildman–Crippen MR) is 135 cm³/mol. The molecule has 2 fully saturated rings. The van der Waals surface area contributed by atoms with Crippen LogP contribution in [0.3, 0.4) is 0 Å². The number of aromatic amines is 1. The summed E-state index contributed by atoms with van der Waals surface area (Å²) >= 11 is 0. The highest BCUT2D eigenvalue weighted by atomic mass is 19.4. The number of rotatable bonds is 8. The second-order valence-corrected chi connectivity index (χ2v) is 10.2. The topological polar surface area (TPSA) is 91.5 Å². The molecule has 206 valence electrons. The first-order valence-corrected chi connectivity index (χ1v) is 12.7. The third-order valence-electron chi connectivity index (χ3n) is 7.76. The number of hydrogen-bond donors (Lipinski definition) is 3. The molecule has 1 aromatic carbocycles. The number of anilines is 2. The van der Waals surface area contributed by atoms with Gasteiger partial charge in [0, 0.05) is 42.0 Å². The van der Waals surface area contributed by atoms with E-state index >= 15 is 0 Å². The fourth-order valence-electron chi connectivity index (χ4n) is 5.41. The van der Waals surface area contributed by atoms with E-state index in [4.69, 9.17) is 9.47 Å². The lowest BCUT2D eigenvalue weighted by atomic mass is 9.93. The van der Waals surface area contributed by atoms with Crippen molar-refractivity contribution in [1.82, 2.24) is 20.2 Å². The Kier molecular flexibility index (Phi) is 6.17. The van der Waals surface area contributed by atoms with Gasteiger partial charge in [0.15, 0.2) is 11.6 Å². The third-order valence-corrected chi connectivity index (χ3v) is 7.76. The van der Waals surface area contributed by atoms with E-state index < -0.39 is 18.5 Å². The van der Waals surface area contributed by atoms with Crippen LogP contribution in [0, 0.1) is 5.82 Å². The second-order valence-electron chi connectivity index (χ2n) is 10.2. The highest BCUT2D eigenvalue weighted by molar-refractivity contribution is 6.07. The quantitative estimate of drug-likeness (QED) is 0.354. The van der Waals surface area contributed by atoms with Crippen LogP contribution < -0.4 is 20.1 Å². The number of carbonyl (C=O) groups is 1. The van der Waals surface area contributed by atoms with Crippen molar-refractivity contribution in [3.8, 4) is 22.8 Å². The minimum atomic E-state index is -4.28. The zero-order chi connectivity index (χ0) is 27.4. The molecule has 1 unspecified atom stereocenters. The Balaban J connectivity index is 1.38. The number of H-pyrrole nitrogens is 1. The van der Waals surface area contributed by atoms with Crippen LogP contribution >= 0.6 is 0 Å². The van der Waals surface area contributed by atoms with Crippen LogP contribution in [0.5, 0.6) is 11.5 Å². The van der Waals surface area contributed by atoms with E-state index in [1.807, 2.05) is 0 Å². The molecule has 6 rings (SSSR count). The number of methoxy groups -OCH3 is 1. The maximum atomic E-state index is 14.5. The Labute approximate surface area is 221 Å². The normalized spacial score (nSPS) is 19.7. The summed E-state index contributed by atoms with van der Waals surface area (Å²) in [5.74, 6) is -0.476. The first-order chi connectivity index (χ1) is 18.7. The summed E-state index contributed by atoms with van der Waals surface area (Å²) in [5.41, 5.74) is 2.88. The van der Waals surface area contributed by atoms with Crippen LogP contribution in [0.4, 0.5) is 28.9 Å². The summed E-state index contributed by atoms with van der Waals surface area (Å²) in [6, 6.07) is 5.81. The van der Waals surface area contributed by atoms with Crippen LogP contribution in [0.2, 0.25) is 0 Å². The fraction of sp³-hybridized carbons (Fsp3) is 0.407. The van der Waals surface area contributed by atoms with Crippen molar-refractivity contribution in [1.29, 1.82) is 0 Å². The van der Waals surface area contributed by atoms with Gasteiger partial charge in [0.1, 0.15) is 12.4 Å². The summed E-state index contributed by atoms with van der Waals surface area (Å²) in [4.78, 5) is 22.1. The third kappa shape index (κ3) is 4.66. The van der Waals surface area contributed by atoms with Gasteiger partial charge in [0.25, 0.3) is 5.91 Å². The number of pyridine rings is 1. The number of fused-ring (bicyclic) bond motifs is 2. The Morgan fingerprint density at radius 3 is 2.77 bits per heavy atom. The van der Waals surface area contributed by atoms with Gasteiger partial charge in [0.05, 0.1) is 42.5 Å². The molecular weight excluding hydrogens is 518 g/mol. The zero-order valence-electron chi connectivity index (χ0n) is 21.1. The Bertz CT molecular complexity index is 1420. The van der Waals surface area contributed by atoms with E-state index in [2.05, 4.69) is 20.6 Å². The fourth-order valence-corrected chi connectivity index (χ4v) is 5.41. The molecule has 3 N–H and O–H groups in total. The van der Waals surface area contributed by atoms with E-state index in [9.17, 15) is 22.4 Å². The van der Waals surface area contributed by atoms with Gasteiger partial charge in [-0.25, -0.2) is 4.39 Å². The lowest BCUT2D eigenvalue weighted by Crippen LogP contribution is -2.54. The van der Waals surface area contributed by atoms with E-state index in [1.165, 1.54) is 30.3 Å². The van der Waals surface area contributed by atoms with Gasteiger partial charge >= 0.3 is 6.18 Å². The van der Waals surface area contributed by atoms with Crippen LogP contribution in [0.15, 0.2) is 36.7 Å². The van der Waals surface area contributed by atoms with E-state index in [0.29, 0.717) is 53.5 Å². The smallest absolute Gasteiger partial charge is 0.401 e. The van der Waals surface area contributed by atoms with E-state index in [0.717, 1.165) is 18.5 Å². The minimum absolute atomic E-state index is 0.00306. The molecule has 2 aromatic heterocycles. The maximum absolute atomic E-state index is 14.5. The van der Waals surface area contributed by atoms with Gasteiger partial charge in [-0.15, -0.1) is 0 Å². The number of amides is 1. The zero-order valence-corrected chi connectivity index (χ0v) is 21.1. The van der Waals surface area contributed by atoms with Crippen molar-refractivity contribution in [3.05, 3.63) is 53.7 Å². The summed E-state index contributed by atoms with van der Waals surface area (Å²) < 4.78 is 64.5. The van der Waals surface area contributed by atoms with Gasteiger partial charge in [-0.3, -0.25) is 14.7 Å². The summed E-state index contributed by atoms with van der Waals surface area (Å²) in [7, 11) is 1.36. The number of likely N-dealkylation sites (tertiary alicyclic amines) is 1. The molecule has 1 aliphatic carbocycles. The molecule has 8 nitrogen and oxygen atoms in total. The lowest BCUT2D eigenvalue weighted by Gasteiger charge is -2.40. The number of ether oxygens (including phenoxy) is 2. The first kappa shape index (κ1) is 25.5. The molecule has 0 bridgehead atoms. The van der Waals surface area contributed by atoms with Crippen molar-refractivity contribution in [3.63, 3.8) is 0 Å². The maximum Gasteiger partial charge on any atom is 0.401 e. The number of alkyl halides is 3. The SMILES string of the molecule is COc1c(F)cccc1Nc1c(-c2ccncc2OCC2CCN2CC(F)(F)F)[nH]c2c1C(=O)NCC21CC1. The largest absolute Gasteiger partial charge is 0.492 e. The Morgan fingerprint density at radius 2 is 2.08 bits per heavy atom. The number of halogens is 4. The summed E-state index contributed by atoms with van der Waals surface area (Å²) in [6.07, 6.45) is 1.19. The van der Waals surface area contributed by atoms with Crippen molar-refractivity contribution < 1.29 is 31.8 Å². The van der Waals surface area contributed by atoms with Crippen molar-refractivity contribution in [2.24, 2.45) is 0 Å². The molecule has 1 saturated heterocycles. The van der Waals surface area contributed by atoms with Crippen LogP contribution in [-0.2, 0) is 5.41 Å². The van der Waals surface area contributed by atoms with Gasteiger partial charge in [-0.05, 0) is 37.5 Å². The molecule has 3 aliphatic rings. The standard InChI is InChI=1S/C27H27F4N5O3/c1-38-23-17(28)3-2-4-18(23)34-22-20-24(26(7-8-26)13-33-25(20)37)35-21(22)16-5-9-32-11-19(16)39-12-15-6-10-36(15)14-27(29,30)31/h2-5,9,11,15,34-35H,6-8,10,12-14H2,1H3,(H,33,37). The lowest BCUT2D eigenvalue weighted by molar-refractivity contribution is -0.163. The van der Waals surface area contributed by atoms with Crippen LogP contribution in [-0.4, -0.2) is 66.3 Å². The molecule has 3 aromatic rings. The number of carbonyl (C=O) groups excluding carboxylic acids is 1. The molecule has 0 radical (unpaired) electrons. The molecule has 1 saturated carbocycles. The number of hydrogen-bond acceptors (Lipinski definition) is 6. The van der Waals surface area contributed by atoms with Gasteiger partial charge < -0.3 is 25.1 Å². The van der Waals surface area contributed by atoms with Gasteiger partial charge in [-0.1, -0.05) is 6.07 Å². The van der Waals surface area contributed by atoms with Crippen molar-refractivity contribution >= 4 is 17.3 Å².